The van der Waals surface area contributed by atoms with Crippen LogP contribution >= 0.6 is 11.6 Å². The number of rotatable bonds is 5. The second-order valence-corrected chi connectivity index (χ2v) is 6.95. The lowest BCUT2D eigenvalue weighted by atomic mass is 10.1. The maximum atomic E-state index is 13.2. The molecule has 0 bridgehead atoms. The van der Waals surface area contributed by atoms with Crippen LogP contribution in [-0.4, -0.2) is 25.2 Å². The van der Waals surface area contributed by atoms with Gasteiger partial charge in [-0.1, -0.05) is 23.7 Å². The number of hydrogen-bond acceptors (Lipinski definition) is 4. The molecule has 0 aliphatic carbocycles. The molecular weight excluding hydrogens is 411 g/mol. The monoisotopic (exact) mass is 426 g/mol. The second kappa shape index (κ2) is 8.10. The number of aliphatic hydroxyl groups is 1. The molecule has 2 aromatic carbocycles. The average molecular weight is 427 g/mol. The summed E-state index contributed by atoms with van der Waals surface area (Å²) in [6, 6.07) is 12.4. The van der Waals surface area contributed by atoms with E-state index in [-0.39, 0.29) is 12.1 Å². The molecule has 1 amide bonds. The van der Waals surface area contributed by atoms with E-state index in [4.69, 9.17) is 11.6 Å². The van der Waals surface area contributed by atoms with Crippen LogP contribution in [0.2, 0.25) is 5.02 Å². The van der Waals surface area contributed by atoms with Crippen molar-refractivity contribution in [2.75, 3.05) is 5.32 Å². The molecule has 0 fully saturated rings. The van der Waals surface area contributed by atoms with Crippen molar-refractivity contribution in [2.45, 2.75) is 13.2 Å². The first-order valence-corrected chi connectivity index (χ1v) is 9.37. The Morgan fingerprint density at radius 1 is 1.13 bits per heavy atom. The van der Waals surface area contributed by atoms with E-state index in [0.717, 1.165) is 0 Å². The summed E-state index contributed by atoms with van der Waals surface area (Å²) in [5.74, 6) is -0.835. The van der Waals surface area contributed by atoms with Crippen LogP contribution < -0.4 is 10.9 Å². The fraction of sp³-hybridized carbons (Fsp3) is 0.0952. The first kappa shape index (κ1) is 19.8. The van der Waals surface area contributed by atoms with Crippen LogP contribution in [0, 0.1) is 5.82 Å². The summed E-state index contributed by atoms with van der Waals surface area (Å²) in [7, 11) is 0. The van der Waals surface area contributed by atoms with Crippen LogP contribution in [0.1, 0.15) is 5.56 Å². The molecule has 2 aromatic heterocycles. The van der Waals surface area contributed by atoms with E-state index in [1.54, 1.807) is 24.3 Å². The third-order valence-electron chi connectivity index (χ3n) is 4.60. The first-order valence-electron chi connectivity index (χ1n) is 9.00. The highest BCUT2D eigenvalue weighted by Gasteiger charge is 2.18. The molecule has 30 heavy (non-hydrogen) atoms. The highest BCUT2D eigenvalue weighted by molar-refractivity contribution is 6.33. The minimum Gasteiger partial charge on any atom is -0.392 e. The van der Waals surface area contributed by atoms with E-state index in [1.807, 2.05) is 0 Å². The topological polar surface area (TPSA) is 88.6 Å². The van der Waals surface area contributed by atoms with Crippen molar-refractivity contribution >= 4 is 28.7 Å². The fourth-order valence-corrected chi connectivity index (χ4v) is 3.35. The van der Waals surface area contributed by atoms with Crippen molar-refractivity contribution < 1.29 is 14.3 Å². The Labute approximate surface area is 175 Å². The van der Waals surface area contributed by atoms with Gasteiger partial charge in [-0.3, -0.25) is 9.59 Å². The van der Waals surface area contributed by atoms with Crippen molar-refractivity contribution in [3.05, 3.63) is 87.7 Å². The average Bonchev–Trinajstić information content (AvgIpc) is 3.12. The molecule has 0 aliphatic rings. The van der Waals surface area contributed by atoms with Crippen LogP contribution in [0.5, 0.6) is 0 Å². The molecule has 0 atom stereocenters. The molecule has 7 nitrogen and oxygen atoms in total. The number of carbonyl (C=O) groups excluding carboxylic acids is 1. The van der Waals surface area contributed by atoms with Crippen LogP contribution in [0.25, 0.3) is 16.8 Å². The molecule has 4 rings (SSSR count). The van der Waals surface area contributed by atoms with Gasteiger partial charge in [-0.2, -0.15) is 5.10 Å². The van der Waals surface area contributed by atoms with Crippen molar-refractivity contribution in [2.24, 2.45) is 0 Å². The smallest absolute Gasteiger partial charge is 0.277 e. The lowest BCUT2D eigenvalue weighted by molar-refractivity contribution is -0.116. The van der Waals surface area contributed by atoms with Gasteiger partial charge in [0.15, 0.2) is 0 Å². The van der Waals surface area contributed by atoms with Gasteiger partial charge in [0.25, 0.3) is 5.56 Å². The number of anilines is 1. The van der Waals surface area contributed by atoms with Gasteiger partial charge in [-0.15, -0.1) is 0 Å². The minimum absolute atomic E-state index is 0.143. The molecule has 0 saturated carbocycles. The zero-order valence-electron chi connectivity index (χ0n) is 15.5. The van der Waals surface area contributed by atoms with Gasteiger partial charge in [-0.05, 0) is 36.4 Å². The van der Waals surface area contributed by atoms with E-state index in [0.29, 0.717) is 27.5 Å². The Hall–Kier alpha value is -3.49. The molecule has 9 heteroatoms. The number of fused-ring (bicyclic) bond motifs is 1. The summed E-state index contributed by atoms with van der Waals surface area (Å²) in [6.45, 7) is -0.691. The van der Waals surface area contributed by atoms with E-state index < -0.39 is 23.9 Å². The second-order valence-electron chi connectivity index (χ2n) is 6.54. The van der Waals surface area contributed by atoms with Gasteiger partial charge < -0.3 is 15.0 Å². The zero-order chi connectivity index (χ0) is 21.3. The number of hydrogen-bond donors (Lipinski definition) is 2. The van der Waals surface area contributed by atoms with Gasteiger partial charge in [-0.25, -0.2) is 8.91 Å². The number of nitrogens with one attached hydrogen (secondary N) is 1. The predicted molar refractivity (Wildman–Crippen MR) is 111 cm³/mol. The number of aliphatic hydroxyl groups excluding tert-OH is 1. The number of benzene rings is 2. The van der Waals surface area contributed by atoms with Gasteiger partial charge in [0, 0.05) is 23.5 Å². The van der Waals surface area contributed by atoms with Crippen LogP contribution in [0.15, 0.2) is 65.7 Å². The van der Waals surface area contributed by atoms with Crippen molar-refractivity contribution in [1.82, 2.24) is 14.2 Å². The summed E-state index contributed by atoms with van der Waals surface area (Å²) >= 11 is 6.04. The molecule has 152 valence electrons. The standard InChI is InChI=1S/C21H16ClFN4O3/c22-16-3-1-2-4-17(16)24-18(29)11-26-9-10-27-20(21(26)30)15(12-28)19(25-27)13-5-7-14(23)8-6-13/h1-10,28H,11-12H2,(H,24,29). The van der Waals surface area contributed by atoms with Gasteiger partial charge >= 0.3 is 0 Å². The number of amides is 1. The maximum Gasteiger partial charge on any atom is 0.277 e. The molecule has 0 radical (unpaired) electrons. The maximum absolute atomic E-state index is 13.2. The molecular formula is C21H16ClFN4O3. The van der Waals surface area contributed by atoms with E-state index in [9.17, 15) is 19.1 Å². The van der Waals surface area contributed by atoms with Crippen molar-refractivity contribution in [1.29, 1.82) is 0 Å². The van der Waals surface area contributed by atoms with Gasteiger partial charge in [0.2, 0.25) is 5.91 Å². The highest BCUT2D eigenvalue weighted by Crippen LogP contribution is 2.25. The Morgan fingerprint density at radius 3 is 2.57 bits per heavy atom. The largest absolute Gasteiger partial charge is 0.392 e. The quantitative estimate of drug-likeness (QED) is 0.513. The number of carbonyl (C=O) groups is 1. The lowest BCUT2D eigenvalue weighted by Crippen LogP contribution is -2.28. The van der Waals surface area contributed by atoms with Crippen molar-refractivity contribution in [3.63, 3.8) is 0 Å². The Kier molecular flexibility index (Phi) is 5.35. The molecule has 0 saturated heterocycles. The summed E-state index contributed by atoms with van der Waals surface area (Å²) in [6.07, 6.45) is 2.95. The summed E-state index contributed by atoms with van der Waals surface area (Å²) < 4.78 is 15.8. The van der Waals surface area contributed by atoms with E-state index >= 15 is 0 Å². The molecule has 2 heterocycles. The molecule has 0 spiro atoms. The number of nitrogens with zero attached hydrogens (tertiary/aromatic N) is 3. The molecule has 4 aromatic rings. The fourth-order valence-electron chi connectivity index (χ4n) is 3.17. The number of halogens is 2. The Bertz CT molecular complexity index is 1300. The summed E-state index contributed by atoms with van der Waals surface area (Å²) in [5, 5.41) is 17.3. The molecule has 0 aliphatic heterocycles. The van der Waals surface area contributed by atoms with Gasteiger partial charge in [0.1, 0.15) is 17.9 Å². The zero-order valence-corrected chi connectivity index (χ0v) is 16.3. The van der Waals surface area contributed by atoms with Crippen LogP contribution in [-0.2, 0) is 17.9 Å². The molecule has 2 N–H and O–H groups in total. The van der Waals surface area contributed by atoms with Crippen LogP contribution in [0.3, 0.4) is 0 Å². The Balaban J connectivity index is 1.70. The third kappa shape index (κ3) is 3.70. The predicted octanol–water partition coefficient (Wildman–Crippen LogP) is 3.09. The highest BCUT2D eigenvalue weighted by atomic mass is 35.5. The summed E-state index contributed by atoms with van der Waals surface area (Å²) in [5.41, 5.74) is 1.32. The first-order chi connectivity index (χ1) is 14.5. The lowest BCUT2D eigenvalue weighted by Gasteiger charge is -2.09. The third-order valence-corrected chi connectivity index (χ3v) is 4.93. The van der Waals surface area contributed by atoms with E-state index in [1.165, 1.54) is 45.7 Å². The SMILES string of the molecule is O=C(Cn1ccn2nc(-c3ccc(F)cc3)c(CO)c2c1=O)Nc1ccccc1Cl. The van der Waals surface area contributed by atoms with E-state index in [2.05, 4.69) is 10.4 Å². The van der Waals surface area contributed by atoms with Crippen molar-refractivity contribution in [3.8, 4) is 11.3 Å². The normalized spacial score (nSPS) is 11.0. The van der Waals surface area contributed by atoms with Crippen LogP contribution in [0.4, 0.5) is 10.1 Å². The minimum atomic E-state index is -0.489. The van der Waals surface area contributed by atoms with Gasteiger partial charge in [0.05, 0.1) is 23.0 Å². The molecule has 0 unspecified atom stereocenters. The number of aromatic nitrogens is 3. The summed E-state index contributed by atoms with van der Waals surface area (Å²) in [4.78, 5) is 25.4. The Morgan fingerprint density at radius 2 is 1.87 bits per heavy atom. The number of para-hydroxylation sites is 1.